The number of benzene rings is 1. The third-order valence-electron chi connectivity index (χ3n) is 3.44. The molecule has 1 aromatic carbocycles. The van der Waals surface area contributed by atoms with E-state index in [2.05, 4.69) is 32.2 Å². The van der Waals surface area contributed by atoms with Crippen LogP contribution in [0.1, 0.15) is 32.8 Å². The van der Waals surface area contributed by atoms with E-state index >= 15 is 0 Å². The fourth-order valence-corrected chi connectivity index (χ4v) is 2.24. The quantitative estimate of drug-likeness (QED) is 0.858. The summed E-state index contributed by atoms with van der Waals surface area (Å²) in [5.41, 5.74) is 1.10. The van der Waals surface area contributed by atoms with Crippen molar-refractivity contribution in [1.82, 2.24) is 5.32 Å². The average molecular weight is 265 g/mol. The van der Waals surface area contributed by atoms with E-state index in [-0.39, 0.29) is 5.60 Å². The van der Waals surface area contributed by atoms with Gasteiger partial charge in [0.05, 0.1) is 5.60 Å². The SMILES string of the molecule is COC(C)(C)CC(C)NCc1ccc2c(c1)OCO2. The van der Waals surface area contributed by atoms with Gasteiger partial charge < -0.3 is 19.5 Å². The molecule has 2 rings (SSSR count). The van der Waals surface area contributed by atoms with Crippen LogP contribution in [-0.2, 0) is 11.3 Å². The number of hydrogen-bond donors (Lipinski definition) is 1. The molecule has 19 heavy (non-hydrogen) atoms. The lowest BCUT2D eigenvalue weighted by atomic mass is 9.99. The second-order valence-electron chi connectivity index (χ2n) is 5.64. The maximum atomic E-state index is 5.44. The molecule has 1 atom stereocenters. The lowest BCUT2D eigenvalue weighted by molar-refractivity contribution is 0.00844. The van der Waals surface area contributed by atoms with Crippen LogP contribution in [0.4, 0.5) is 0 Å². The minimum absolute atomic E-state index is 0.0959. The maximum Gasteiger partial charge on any atom is 0.231 e. The Kier molecular flexibility index (Phi) is 4.32. The van der Waals surface area contributed by atoms with Gasteiger partial charge in [-0.15, -0.1) is 0 Å². The summed E-state index contributed by atoms with van der Waals surface area (Å²) in [5, 5.41) is 3.50. The molecular weight excluding hydrogens is 242 g/mol. The molecule has 4 nitrogen and oxygen atoms in total. The summed E-state index contributed by atoms with van der Waals surface area (Å²) in [6.07, 6.45) is 0.966. The average Bonchev–Trinajstić information content (AvgIpc) is 2.83. The second kappa shape index (κ2) is 5.80. The van der Waals surface area contributed by atoms with Crippen LogP contribution in [0.3, 0.4) is 0 Å². The Balaban J connectivity index is 1.85. The standard InChI is InChI=1S/C15H23NO3/c1-11(8-15(2,3)17-4)16-9-12-5-6-13-14(7-12)19-10-18-13/h5-7,11,16H,8-10H2,1-4H3. The van der Waals surface area contributed by atoms with Gasteiger partial charge in [0.15, 0.2) is 11.5 Å². The monoisotopic (exact) mass is 265 g/mol. The first-order valence-electron chi connectivity index (χ1n) is 6.67. The molecule has 0 radical (unpaired) electrons. The highest BCUT2D eigenvalue weighted by atomic mass is 16.7. The normalized spacial score (nSPS) is 15.6. The summed E-state index contributed by atoms with van der Waals surface area (Å²) in [6, 6.07) is 6.45. The van der Waals surface area contributed by atoms with Crippen molar-refractivity contribution in [2.75, 3.05) is 13.9 Å². The van der Waals surface area contributed by atoms with Crippen LogP contribution in [0.15, 0.2) is 18.2 Å². The molecule has 0 bridgehead atoms. The molecule has 106 valence electrons. The molecule has 1 aromatic rings. The molecule has 4 heteroatoms. The van der Waals surface area contributed by atoms with Crippen molar-refractivity contribution in [3.05, 3.63) is 23.8 Å². The Morgan fingerprint density at radius 3 is 2.79 bits per heavy atom. The van der Waals surface area contributed by atoms with Gasteiger partial charge in [0, 0.05) is 19.7 Å². The lowest BCUT2D eigenvalue weighted by Gasteiger charge is -2.27. The minimum Gasteiger partial charge on any atom is -0.454 e. The Labute approximate surface area is 115 Å². The maximum absolute atomic E-state index is 5.44. The largest absolute Gasteiger partial charge is 0.454 e. The van der Waals surface area contributed by atoms with Gasteiger partial charge in [-0.25, -0.2) is 0 Å². The number of hydrogen-bond acceptors (Lipinski definition) is 4. The summed E-state index contributed by atoms with van der Waals surface area (Å²) in [5.74, 6) is 1.67. The number of nitrogens with one attached hydrogen (secondary N) is 1. The van der Waals surface area contributed by atoms with Gasteiger partial charge >= 0.3 is 0 Å². The van der Waals surface area contributed by atoms with Crippen LogP contribution in [0.2, 0.25) is 0 Å². The van der Waals surface area contributed by atoms with E-state index in [0.29, 0.717) is 12.8 Å². The fraction of sp³-hybridized carbons (Fsp3) is 0.600. The van der Waals surface area contributed by atoms with Gasteiger partial charge in [-0.2, -0.15) is 0 Å². The van der Waals surface area contributed by atoms with E-state index < -0.39 is 0 Å². The topological polar surface area (TPSA) is 39.7 Å². The van der Waals surface area contributed by atoms with E-state index in [9.17, 15) is 0 Å². The van der Waals surface area contributed by atoms with Gasteiger partial charge in [0.1, 0.15) is 0 Å². The summed E-state index contributed by atoms with van der Waals surface area (Å²) in [6.45, 7) is 7.52. The van der Waals surface area contributed by atoms with Gasteiger partial charge in [0.25, 0.3) is 0 Å². The summed E-state index contributed by atoms with van der Waals surface area (Å²) < 4.78 is 16.1. The highest BCUT2D eigenvalue weighted by molar-refractivity contribution is 5.44. The van der Waals surface area contributed by atoms with E-state index in [1.165, 1.54) is 5.56 Å². The van der Waals surface area contributed by atoms with Crippen molar-refractivity contribution in [3.8, 4) is 11.5 Å². The van der Waals surface area contributed by atoms with Crippen LogP contribution in [0.5, 0.6) is 11.5 Å². The zero-order valence-corrected chi connectivity index (χ0v) is 12.2. The van der Waals surface area contributed by atoms with Gasteiger partial charge in [0.2, 0.25) is 6.79 Å². The van der Waals surface area contributed by atoms with Crippen LogP contribution in [0.25, 0.3) is 0 Å². The van der Waals surface area contributed by atoms with Crippen molar-refractivity contribution >= 4 is 0 Å². The molecule has 0 spiro atoms. The first-order chi connectivity index (χ1) is 9.00. The molecule has 1 heterocycles. The smallest absolute Gasteiger partial charge is 0.231 e. The van der Waals surface area contributed by atoms with Crippen molar-refractivity contribution < 1.29 is 14.2 Å². The van der Waals surface area contributed by atoms with E-state index in [1.54, 1.807) is 7.11 Å². The molecule has 0 saturated carbocycles. The fourth-order valence-electron chi connectivity index (χ4n) is 2.24. The Bertz CT molecular complexity index is 431. The highest BCUT2D eigenvalue weighted by Crippen LogP contribution is 2.32. The third kappa shape index (κ3) is 3.85. The number of fused-ring (bicyclic) bond motifs is 1. The molecule has 0 aromatic heterocycles. The highest BCUT2D eigenvalue weighted by Gasteiger charge is 2.20. The Hall–Kier alpha value is -1.26. The number of ether oxygens (including phenoxy) is 3. The minimum atomic E-state index is -0.0959. The lowest BCUT2D eigenvalue weighted by Crippen LogP contribution is -2.35. The second-order valence-corrected chi connectivity index (χ2v) is 5.64. The van der Waals surface area contributed by atoms with E-state index in [1.807, 2.05) is 12.1 Å². The molecule has 1 aliphatic heterocycles. The van der Waals surface area contributed by atoms with Gasteiger partial charge in [-0.1, -0.05) is 6.07 Å². The first-order valence-corrected chi connectivity index (χ1v) is 6.67. The zero-order chi connectivity index (χ0) is 13.9. The van der Waals surface area contributed by atoms with Crippen LogP contribution >= 0.6 is 0 Å². The number of methoxy groups -OCH3 is 1. The molecular formula is C15H23NO3. The van der Waals surface area contributed by atoms with E-state index in [4.69, 9.17) is 14.2 Å². The molecule has 0 aliphatic carbocycles. The molecule has 0 fully saturated rings. The Morgan fingerprint density at radius 1 is 1.32 bits per heavy atom. The van der Waals surface area contributed by atoms with Crippen molar-refractivity contribution in [2.24, 2.45) is 0 Å². The Morgan fingerprint density at radius 2 is 2.05 bits per heavy atom. The summed E-state index contributed by atoms with van der Waals surface area (Å²) in [4.78, 5) is 0. The van der Waals surface area contributed by atoms with Crippen molar-refractivity contribution in [2.45, 2.75) is 45.4 Å². The predicted molar refractivity (Wildman–Crippen MR) is 74.6 cm³/mol. The summed E-state index contributed by atoms with van der Waals surface area (Å²) >= 11 is 0. The summed E-state index contributed by atoms with van der Waals surface area (Å²) in [7, 11) is 1.75. The van der Waals surface area contributed by atoms with Crippen LogP contribution in [0, 0.1) is 0 Å². The van der Waals surface area contributed by atoms with Crippen LogP contribution in [-0.4, -0.2) is 25.5 Å². The third-order valence-corrected chi connectivity index (χ3v) is 3.44. The van der Waals surface area contributed by atoms with Crippen LogP contribution < -0.4 is 14.8 Å². The predicted octanol–water partition coefficient (Wildman–Crippen LogP) is 2.71. The van der Waals surface area contributed by atoms with Gasteiger partial charge in [-0.3, -0.25) is 0 Å². The number of rotatable bonds is 6. The van der Waals surface area contributed by atoms with Crippen molar-refractivity contribution in [3.63, 3.8) is 0 Å². The first kappa shape index (κ1) is 14.2. The molecule has 0 saturated heterocycles. The molecule has 1 N–H and O–H groups in total. The molecule has 0 amide bonds. The zero-order valence-electron chi connectivity index (χ0n) is 12.2. The molecule has 1 aliphatic rings. The van der Waals surface area contributed by atoms with Gasteiger partial charge in [-0.05, 0) is 44.9 Å². The molecule has 1 unspecified atom stereocenters. The van der Waals surface area contributed by atoms with Crippen molar-refractivity contribution in [1.29, 1.82) is 0 Å². The van der Waals surface area contributed by atoms with E-state index in [0.717, 1.165) is 24.5 Å².